The van der Waals surface area contributed by atoms with Crippen LogP contribution < -0.4 is 14.8 Å². The van der Waals surface area contributed by atoms with Crippen LogP contribution in [0, 0.1) is 11.8 Å². The summed E-state index contributed by atoms with van der Waals surface area (Å²) in [6.45, 7) is 3.80. The lowest BCUT2D eigenvalue weighted by Crippen LogP contribution is -2.58. The summed E-state index contributed by atoms with van der Waals surface area (Å²) in [5, 5.41) is 3.18. The molecule has 1 aromatic rings. The summed E-state index contributed by atoms with van der Waals surface area (Å²) in [6.07, 6.45) is 7.92. The summed E-state index contributed by atoms with van der Waals surface area (Å²) in [4.78, 5) is 30.3. The Morgan fingerprint density at radius 1 is 0.968 bits per heavy atom. The fourth-order valence-corrected chi connectivity index (χ4v) is 5.43. The van der Waals surface area contributed by atoms with Crippen LogP contribution in [0.5, 0.6) is 11.5 Å². The molecule has 0 bridgehead atoms. The fourth-order valence-electron chi connectivity index (χ4n) is 5.43. The van der Waals surface area contributed by atoms with Gasteiger partial charge in [0.15, 0.2) is 11.5 Å². The predicted molar refractivity (Wildman–Crippen MR) is 116 cm³/mol. The number of nitrogens with one attached hydrogen (secondary N) is 1. The van der Waals surface area contributed by atoms with Gasteiger partial charge in [0.2, 0.25) is 18.6 Å². The summed E-state index contributed by atoms with van der Waals surface area (Å²) in [5.74, 6) is 2.60. The highest BCUT2D eigenvalue weighted by atomic mass is 16.7. The lowest BCUT2D eigenvalue weighted by atomic mass is 9.84. The van der Waals surface area contributed by atoms with E-state index in [1.807, 2.05) is 23.1 Å². The number of carbonyl (C=O) groups excluding carboxylic acids is 2. The van der Waals surface area contributed by atoms with Crippen LogP contribution >= 0.6 is 0 Å². The third-order valence-corrected chi connectivity index (χ3v) is 7.49. The molecule has 3 fully saturated rings. The number of hydrogen-bond acceptors (Lipinski definition) is 5. The average Bonchev–Trinajstić information content (AvgIpc) is 3.43. The Balaban J connectivity index is 1.20. The molecule has 2 aliphatic heterocycles. The van der Waals surface area contributed by atoms with E-state index >= 15 is 0 Å². The van der Waals surface area contributed by atoms with Crippen molar-refractivity contribution in [3.05, 3.63) is 23.8 Å². The SMILES string of the molecule is O=C(NCc1ccc2c(c1)OCO2)C(C1CCCC1)N1CCN(C(=O)C2CCC2)CC1. The number of ether oxygens (including phenoxy) is 2. The van der Waals surface area contributed by atoms with Gasteiger partial charge in [-0.25, -0.2) is 0 Å². The van der Waals surface area contributed by atoms with E-state index < -0.39 is 0 Å². The average molecular weight is 428 g/mol. The highest BCUT2D eigenvalue weighted by Gasteiger charge is 2.38. The number of fused-ring (bicyclic) bond motifs is 1. The molecule has 1 saturated heterocycles. The molecule has 1 atom stereocenters. The standard InChI is InChI=1S/C24H33N3O4/c28-23(25-15-17-8-9-20-21(14-17)31-16-30-20)22(18-4-1-2-5-18)26-10-12-27(13-11-26)24(29)19-6-3-7-19/h8-9,14,18-19,22H,1-7,10-13,15-16H2,(H,25,28). The maximum absolute atomic E-state index is 13.3. The first-order valence-electron chi connectivity index (χ1n) is 11.9. The van der Waals surface area contributed by atoms with Gasteiger partial charge in [-0.1, -0.05) is 25.3 Å². The van der Waals surface area contributed by atoms with Crippen molar-refractivity contribution in [3.63, 3.8) is 0 Å². The molecule has 0 aromatic heterocycles. The van der Waals surface area contributed by atoms with Crippen molar-refractivity contribution in [2.75, 3.05) is 33.0 Å². The van der Waals surface area contributed by atoms with Gasteiger partial charge in [-0.2, -0.15) is 0 Å². The molecule has 2 saturated carbocycles. The molecule has 7 heteroatoms. The molecule has 1 unspecified atom stereocenters. The number of carbonyl (C=O) groups is 2. The van der Waals surface area contributed by atoms with Crippen molar-refractivity contribution in [2.24, 2.45) is 11.8 Å². The quantitative estimate of drug-likeness (QED) is 0.756. The monoisotopic (exact) mass is 427 g/mol. The number of piperazine rings is 1. The van der Waals surface area contributed by atoms with Crippen molar-refractivity contribution in [1.29, 1.82) is 0 Å². The van der Waals surface area contributed by atoms with Gasteiger partial charge >= 0.3 is 0 Å². The third kappa shape index (κ3) is 4.38. The first kappa shape index (κ1) is 20.6. The van der Waals surface area contributed by atoms with E-state index in [0.717, 1.165) is 68.9 Å². The van der Waals surface area contributed by atoms with E-state index in [1.165, 1.54) is 19.3 Å². The van der Waals surface area contributed by atoms with Crippen LogP contribution in [0.3, 0.4) is 0 Å². The van der Waals surface area contributed by atoms with Crippen LogP contribution in [-0.2, 0) is 16.1 Å². The molecule has 2 amide bonds. The van der Waals surface area contributed by atoms with E-state index in [9.17, 15) is 9.59 Å². The number of benzene rings is 1. The second-order valence-electron chi connectivity index (χ2n) is 9.38. The zero-order valence-corrected chi connectivity index (χ0v) is 18.2. The maximum atomic E-state index is 13.3. The second kappa shape index (κ2) is 9.07. The normalized spacial score (nSPS) is 22.9. The summed E-state index contributed by atoms with van der Waals surface area (Å²) < 4.78 is 10.8. The fraction of sp³-hybridized carbons (Fsp3) is 0.667. The Morgan fingerprint density at radius 2 is 1.71 bits per heavy atom. The largest absolute Gasteiger partial charge is 0.454 e. The van der Waals surface area contributed by atoms with Gasteiger partial charge in [0.05, 0.1) is 6.04 Å². The van der Waals surface area contributed by atoms with Crippen LogP contribution in [0.2, 0.25) is 0 Å². The van der Waals surface area contributed by atoms with Gasteiger partial charge in [0.25, 0.3) is 0 Å². The van der Waals surface area contributed by atoms with Crippen molar-refractivity contribution < 1.29 is 19.1 Å². The van der Waals surface area contributed by atoms with E-state index in [2.05, 4.69) is 10.2 Å². The van der Waals surface area contributed by atoms with E-state index in [1.54, 1.807) is 0 Å². The van der Waals surface area contributed by atoms with Crippen molar-refractivity contribution in [2.45, 2.75) is 57.5 Å². The molecule has 31 heavy (non-hydrogen) atoms. The van der Waals surface area contributed by atoms with Gasteiger partial charge in [-0.15, -0.1) is 0 Å². The molecule has 2 aliphatic carbocycles. The van der Waals surface area contributed by atoms with Crippen LogP contribution in [0.4, 0.5) is 0 Å². The first-order valence-corrected chi connectivity index (χ1v) is 11.9. The molecule has 2 heterocycles. The summed E-state index contributed by atoms with van der Waals surface area (Å²) >= 11 is 0. The Kier molecular flexibility index (Phi) is 6.03. The zero-order chi connectivity index (χ0) is 21.2. The lowest BCUT2D eigenvalue weighted by Gasteiger charge is -2.42. The van der Waals surface area contributed by atoms with Gasteiger partial charge in [-0.05, 0) is 49.3 Å². The molecular formula is C24H33N3O4. The molecular weight excluding hydrogens is 394 g/mol. The minimum Gasteiger partial charge on any atom is -0.454 e. The highest BCUT2D eigenvalue weighted by Crippen LogP contribution is 2.34. The highest BCUT2D eigenvalue weighted by molar-refractivity contribution is 5.82. The van der Waals surface area contributed by atoms with Gasteiger partial charge in [0, 0.05) is 38.6 Å². The molecule has 1 aromatic carbocycles. The predicted octanol–water partition coefficient (Wildman–Crippen LogP) is 2.53. The Labute approximate surface area is 184 Å². The van der Waals surface area contributed by atoms with E-state index in [0.29, 0.717) is 18.4 Å². The Bertz CT molecular complexity index is 811. The summed E-state index contributed by atoms with van der Waals surface area (Å²) in [6, 6.07) is 5.72. The van der Waals surface area contributed by atoms with Crippen molar-refractivity contribution >= 4 is 11.8 Å². The molecule has 5 rings (SSSR count). The van der Waals surface area contributed by atoms with E-state index in [-0.39, 0.29) is 24.7 Å². The van der Waals surface area contributed by atoms with Crippen molar-refractivity contribution in [3.8, 4) is 11.5 Å². The smallest absolute Gasteiger partial charge is 0.237 e. The topological polar surface area (TPSA) is 71.1 Å². The van der Waals surface area contributed by atoms with Gasteiger partial charge in [0.1, 0.15) is 0 Å². The maximum Gasteiger partial charge on any atom is 0.237 e. The number of rotatable bonds is 6. The molecule has 4 aliphatic rings. The number of amides is 2. The number of hydrogen-bond donors (Lipinski definition) is 1. The second-order valence-corrected chi connectivity index (χ2v) is 9.38. The minimum atomic E-state index is -0.0996. The molecule has 7 nitrogen and oxygen atoms in total. The Hall–Kier alpha value is -2.28. The summed E-state index contributed by atoms with van der Waals surface area (Å²) in [5.41, 5.74) is 1.01. The molecule has 168 valence electrons. The molecule has 0 radical (unpaired) electrons. The van der Waals surface area contributed by atoms with Crippen molar-refractivity contribution in [1.82, 2.24) is 15.1 Å². The molecule has 0 spiro atoms. The van der Waals surface area contributed by atoms with Crippen LogP contribution in [0.15, 0.2) is 18.2 Å². The Morgan fingerprint density at radius 3 is 2.42 bits per heavy atom. The van der Waals surface area contributed by atoms with Crippen LogP contribution in [-0.4, -0.2) is 60.6 Å². The van der Waals surface area contributed by atoms with Crippen LogP contribution in [0.1, 0.15) is 50.5 Å². The molecule has 1 N–H and O–H groups in total. The van der Waals surface area contributed by atoms with E-state index in [4.69, 9.17) is 9.47 Å². The number of nitrogens with zero attached hydrogens (tertiary/aromatic N) is 2. The first-order chi connectivity index (χ1) is 15.2. The third-order valence-electron chi connectivity index (χ3n) is 7.49. The van der Waals surface area contributed by atoms with Gasteiger partial charge < -0.3 is 19.7 Å². The minimum absolute atomic E-state index is 0.0996. The summed E-state index contributed by atoms with van der Waals surface area (Å²) in [7, 11) is 0. The van der Waals surface area contributed by atoms with Gasteiger partial charge in [-0.3, -0.25) is 14.5 Å². The zero-order valence-electron chi connectivity index (χ0n) is 18.2. The van der Waals surface area contributed by atoms with Crippen LogP contribution in [0.25, 0.3) is 0 Å². The lowest BCUT2D eigenvalue weighted by molar-refractivity contribution is -0.141.